The predicted molar refractivity (Wildman–Crippen MR) is 108 cm³/mol. The van der Waals surface area contributed by atoms with Gasteiger partial charge in [-0.25, -0.2) is 4.98 Å². The van der Waals surface area contributed by atoms with Crippen LogP contribution in [0.25, 0.3) is 22.2 Å². The minimum Gasteiger partial charge on any atom is -0.270 e. The van der Waals surface area contributed by atoms with Crippen molar-refractivity contribution in [2.24, 2.45) is 0 Å². The van der Waals surface area contributed by atoms with Crippen LogP contribution >= 0.6 is 0 Å². The molecule has 5 rings (SSSR count). The molecule has 28 heavy (non-hydrogen) atoms. The van der Waals surface area contributed by atoms with Crippen molar-refractivity contribution in [3.05, 3.63) is 102 Å². The number of aromatic nitrogens is 1. The first-order chi connectivity index (χ1) is 13.7. The van der Waals surface area contributed by atoms with Gasteiger partial charge in [-0.1, -0.05) is 78.9 Å². The third kappa shape index (κ3) is 2.50. The van der Waals surface area contributed by atoms with Gasteiger partial charge in [-0.3, -0.25) is 14.5 Å². The summed E-state index contributed by atoms with van der Waals surface area (Å²) in [6.45, 7) is 0.246. The van der Waals surface area contributed by atoms with Crippen LogP contribution in [0.3, 0.4) is 0 Å². The van der Waals surface area contributed by atoms with E-state index < -0.39 is 0 Å². The summed E-state index contributed by atoms with van der Waals surface area (Å²) >= 11 is 0. The molecule has 0 unspecified atom stereocenters. The number of benzene rings is 3. The molecule has 2 heterocycles. The second kappa shape index (κ2) is 6.43. The van der Waals surface area contributed by atoms with E-state index in [1.165, 1.54) is 4.90 Å². The van der Waals surface area contributed by atoms with Crippen molar-refractivity contribution >= 4 is 22.7 Å². The van der Waals surface area contributed by atoms with Crippen molar-refractivity contribution < 1.29 is 9.59 Å². The van der Waals surface area contributed by atoms with Crippen LogP contribution < -0.4 is 0 Å². The maximum atomic E-state index is 13.3. The highest BCUT2D eigenvalue weighted by Gasteiger charge is 2.40. The summed E-state index contributed by atoms with van der Waals surface area (Å²) < 4.78 is 0. The molecule has 4 heteroatoms. The molecule has 0 bridgehead atoms. The Balaban J connectivity index is 1.73. The number of para-hydroxylation sites is 1. The number of rotatable bonds is 3. The van der Waals surface area contributed by atoms with Crippen LogP contribution in [0.4, 0.5) is 0 Å². The fourth-order valence-electron chi connectivity index (χ4n) is 3.72. The van der Waals surface area contributed by atoms with Gasteiger partial charge in [-0.2, -0.15) is 0 Å². The topological polar surface area (TPSA) is 50.3 Å². The van der Waals surface area contributed by atoms with Crippen molar-refractivity contribution in [3.8, 4) is 11.3 Å². The molecule has 0 saturated carbocycles. The zero-order valence-electron chi connectivity index (χ0n) is 15.0. The molecule has 1 aromatic heterocycles. The van der Waals surface area contributed by atoms with E-state index in [4.69, 9.17) is 4.98 Å². The van der Waals surface area contributed by atoms with Crippen molar-refractivity contribution in [2.45, 2.75) is 6.54 Å². The van der Waals surface area contributed by atoms with Crippen LogP contribution in [0.15, 0.2) is 84.9 Å². The number of amides is 2. The lowest BCUT2D eigenvalue weighted by Gasteiger charge is -2.13. The van der Waals surface area contributed by atoms with Crippen molar-refractivity contribution in [1.29, 1.82) is 0 Å². The number of carbonyl (C=O) groups excluding carboxylic acids is 2. The van der Waals surface area contributed by atoms with E-state index in [0.29, 0.717) is 27.7 Å². The van der Waals surface area contributed by atoms with Gasteiger partial charge in [0.15, 0.2) is 0 Å². The van der Waals surface area contributed by atoms with Gasteiger partial charge in [0.05, 0.1) is 28.9 Å². The van der Waals surface area contributed by atoms with Gasteiger partial charge in [-0.05, 0) is 11.6 Å². The van der Waals surface area contributed by atoms with Crippen LogP contribution in [0.1, 0.15) is 26.3 Å². The molecule has 1 aliphatic heterocycles. The summed E-state index contributed by atoms with van der Waals surface area (Å²) in [5, 5.41) is 0.714. The van der Waals surface area contributed by atoms with Crippen LogP contribution in [0.5, 0.6) is 0 Å². The van der Waals surface area contributed by atoms with Crippen LogP contribution in [0.2, 0.25) is 0 Å². The number of fused-ring (bicyclic) bond motifs is 3. The van der Waals surface area contributed by atoms with Gasteiger partial charge < -0.3 is 0 Å². The minimum absolute atomic E-state index is 0.246. The predicted octanol–water partition coefficient (Wildman–Crippen LogP) is 4.70. The van der Waals surface area contributed by atoms with Crippen LogP contribution in [-0.4, -0.2) is 21.7 Å². The third-order valence-corrected chi connectivity index (χ3v) is 5.04. The van der Waals surface area contributed by atoms with Gasteiger partial charge in [0.2, 0.25) is 0 Å². The number of carbonyl (C=O) groups is 2. The molecule has 0 radical (unpaired) electrons. The zero-order chi connectivity index (χ0) is 19.1. The number of hydrogen-bond donors (Lipinski definition) is 0. The summed E-state index contributed by atoms with van der Waals surface area (Å²) in [6, 6.07) is 26.6. The molecular formula is C24H16N2O2. The number of nitrogens with zero attached hydrogens (tertiary/aromatic N) is 2. The number of hydrogen-bond acceptors (Lipinski definition) is 3. The average Bonchev–Trinajstić information content (AvgIpc) is 3.00. The summed E-state index contributed by atoms with van der Waals surface area (Å²) in [7, 11) is 0. The molecule has 1 aliphatic rings. The zero-order valence-corrected chi connectivity index (χ0v) is 15.0. The summed E-state index contributed by atoms with van der Waals surface area (Å²) in [4.78, 5) is 32.7. The maximum Gasteiger partial charge on any atom is 0.264 e. The van der Waals surface area contributed by atoms with E-state index in [1.807, 2.05) is 84.9 Å². The quantitative estimate of drug-likeness (QED) is 0.495. The lowest BCUT2D eigenvalue weighted by Crippen LogP contribution is -2.29. The fourth-order valence-corrected chi connectivity index (χ4v) is 3.72. The summed E-state index contributed by atoms with van der Waals surface area (Å²) in [6.07, 6.45) is 0. The Morgan fingerprint density at radius 2 is 1.29 bits per heavy atom. The molecule has 0 N–H and O–H groups in total. The van der Waals surface area contributed by atoms with Crippen molar-refractivity contribution in [2.75, 3.05) is 0 Å². The molecule has 4 aromatic rings. The molecule has 0 atom stereocenters. The third-order valence-electron chi connectivity index (χ3n) is 5.04. The molecular weight excluding hydrogens is 348 g/mol. The lowest BCUT2D eigenvalue weighted by atomic mass is 9.98. The van der Waals surface area contributed by atoms with E-state index in [1.54, 1.807) is 0 Å². The molecule has 134 valence electrons. The maximum absolute atomic E-state index is 13.3. The van der Waals surface area contributed by atoms with Crippen LogP contribution in [-0.2, 0) is 6.54 Å². The second-order valence-corrected chi connectivity index (χ2v) is 6.78. The second-order valence-electron chi connectivity index (χ2n) is 6.78. The van der Waals surface area contributed by atoms with E-state index in [9.17, 15) is 9.59 Å². The van der Waals surface area contributed by atoms with Gasteiger partial charge in [0, 0.05) is 10.9 Å². The Kier molecular flexibility index (Phi) is 3.76. The summed E-state index contributed by atoms with van der Waals surface area (Å²) in [5.41, 5.74) is 3.85. The van der Waals surface area contributed by atoms with Crippen LogP contribution in [0, 0.1) is 0 Å². The SMILES string of the molecule is O=C1c2c(-c3ccccc3)nc3ccccc3c2C(=O)N1Cc1ccccc1. The normalized spacial score (nSPS) is 13.2. The minimum atomic E-state index is -0.291. The number of pyridine rings is 1. The Hall–Kier alpha value is -3.79. The van der Waals surface area contributed by atoms with Gasteiger partial charge in [0.1, 0.15) is 0 Å². The smallest absolute Gasteiger partial charge is 0.264 e. The van der Waals surface area contributed by atoms with E-state index in [-0.39, 0.29) is 18.4 Å². The highest BCUT2D eigenvalue weighted by Crippen LogP contribution is 2.36. The first-order valence-electron chi connectivity index (χ1n) is 9.12. The van der Waals surface area contributed by atoms with Gasteiger partial charge in [0.25, 0.3) is 11.8 Å². The van der Waals surface area contributed by atoms with Gasteiger partial charge >= 0.3 is 0 Å². The number of imide groups is 1. The van der Waals surface area contributed by atoms with Crippen molar-refractivity contribution in [3.63, 3.8) is 0 Å². The molecule has 0 spiro atoms. The first kappa shape index (κ1) is 16.4. The average molecular weight is 364 g/mol. The fraction of sp³-hybridized carbons (Fsp3) is 0.0417. The largest absolute Gasteiger partial charge is 0.270 e. The Labute approximate surface area is 162 Å². The van der Waals surface area contributed by atoms with Gasteiger partial charge in [-0.15, -0.1) is 0 Å². The van der Waals surface area contributed by atoms with E-state index in [2.05, 4.69) is 0 Å². The molecule has 2 amide bonds. The summed E-state index contributed by atoms with van der Waals surface area (Å²) in [5.74, 6) is -0.555. The first-order valence-corrected chi connectivity index (χ1v) is 9.12. The highest BCUT2D eigenvalue weighted by molar-refractivity contribution is 6.28. The Bertz CT molecular complexity index is 1220. The molecule has 3 aromatic carbocycles. The lowest BCUT2D eigenvalue weighted by molar-refractivity contribution is 0.0643. The standard InChI is InChI=1S/C24H16N2O2/c27-23-20-18-13-7-8-14-19(18)25-22(17-11-5-2-6-12-17)21(20)24(28)26(23)15-16-9-3-1-4-10-16/h1-14H,15H2. The van der Waals surface area contributed by atoms with Crippen molar-refractivity contribution in [1.82, 2.24) is 9.88 Å². The van der Waals surface area contributed by atoms with E-state index >= 15 is 0 Å². The highest BCUT2D eigenvalue weighted by atomic mass is 16.2. The molecule has 4 nitrogen and oxygen atoms in total. The molecule has 0 aliphatic carbocycles. The molecule has 0 saturated heterocycles. The van der Waals surface area contributed by atoms with E-state index in [0.717, 1.165) is 11.1 Å². The Morgan fingerprint density at radius 3 is 2.04 bits per heavy atom. The molecule has 0 fully saturated rings. The monoisotopic (exact) mass is 364 g/mol. The Morgan fingerprint density at radius 1 is 0.679 bits per heavy atom.